The molecule has 1 aliphatic heterocycles. The molecule has 0 aromatic heterocycles. The zero-order valence-electron chi connectivity index (χ0n) is 14.7. The molecule has 20 heavy (non-hydrogen) atoms. The van der Waals surface area contributed by atoms with Gasteiger partial charge in [0.25, 0.3) is 0 Å². The van der Waals surface area contributed by atoms with Gasteiger partial charge in [-0.05, 0) is 26.7 Å². The van der Waals surface area contributed by atoms with Gasteiger partial charge in [-0.3, -0.25) is 4.76 Å². The van der Waals surface area contributed by atoms with Crippen molar-refractivity contribution in [3.05, 3.63) is 5.21 Å². The molecule has 4 heteroatoms. The van der Waals surface area contributed by atoms with Crippen LogP contribution >= 0.6 is 0 Å². The van der Waals surface area contributed by atoms with Gasteiger partial charge >= 0.3 is 0 Å². The smallest absolute Gasteiger partial charge is 0.137 e. The highest BCUT2D eigenvalue weighted by atomic mass is 16.6. The maximum Gasteiger partial charge on any atom is 0.137 e. The molecule has 1 aliphatic rings. The molecule has 4 nitrogen and oxygen atoms in total. The lowest BCUT2D eigenvalue weighted by Crippen LogP contribution is -2.67. The van der Waals surface area contributed by atoms with Crippen LogP contribution in [0.5, 0.6) is 0 Å². The molecule has 1 fully saturated rings. The van der Waals surface area contributed by atoms with Gasteiger partial charge in [0.2, 0.25) is 0 Å². The molecule has 1 saturated heterocycles. The van der Waals surface area contributed by atoms with Crippen molar-refractivity contribution < 1.29 is 4.76 Å². The van der Waals surface area contributed by atoms with Crippen molar-refractivity contribution in [2.45, 2.75) is 85.2 Å². The SMILES string of the molecule is CCN1N(CC)[N+]([O-])(CC)C(CC)(CC)C1(CC)CC. The van der Waals surface area contributed by atoms with Crippen molar-refractivity contribution in [1.29, 1.82) is 0 Å². The second-order valence-electron chi connectivity index (χ2n) is 5.90. The molecule has 0 bridgehead atoms. The van der Waals surface area contributed by atoms with Crippen molar-refractivity contribution in [3.63, 3.8) is 0 Å². The first kappa shape index (κ1) is 17.9. The van der Waals surface area contributed by atoms with Gasteiger partial charge in [-0.1, -0.05) is 39.7 Å². The predicted octanol–water partition coefficient (Wildman–Crippen LogP) is 3.93. The van der Waals surface area contributed by atoms with E-state index in [1.54, 1.807) is 0 Å². The molecule has 0 aromatic carbocycles. The van der Waals surface area contributed by atoms with Crippen LogP contribution in [0.2, 0.25) is 0 Å². The molecule has 1 unspecified atom stereocenters. The standard InChI is InChI=1S/C16H35N3O/c1-8-15(9-2)16(10-3,11-4)19(20,14-7)18(13-6)17(15)12-5/h8-14H2,1-7H3. The molecule has 0 aromatic rings. The summed E-state index contributed by atoms with van der Waals surface area (Å²) in [6.45, 7) is 17.6. The molecule has 1 rings (SSSR count). The molecule has 1 heterocycles. The van der Waals surface area contributed by atoms with Crippen LogP contribution < -0.4 is 0 Å². The second-order valence-corrected chi connectivity index (χ2v) is 5.90. The second kappa shape index (κ2) is 6.30. The topological polar surface area (TPSA) is 29.5 Å². The molecule has 0 saturated carbocycles. The quantitative estimate of drug-likeness (QED) is 0.524. The first-order valence-corrected chi connectivity index (χ1v) is 8.59. The maximum absolute atomic E-state index is 13.9. The Bertz CT molecular complexity index is 313. The molecular formula is C16H35N3O. The Kier molecular flexibility index (Phi) is 5.64. The van der Waals surface area contributed by atoms with E-state index in [9.17, 15) is 5.21 Å². The van der Waals surface area contributed by atoms with Gasteiger partial charge in [-0.15, -0.1) is 0 Å². The third-order valence-electron chi connectivity index (χ3n) is 6.03. The van der Waals surface area contributed by atoms with Gasteiger partial charge in [0.05, 0.1) is 18.6 Å². The Morgan fingerprint density at radius 3 is 1.55 bits per heavy atom. The minimum atomic E-state index is -0.225. The number of rotatable bonds is 7. The summed E-state index contributed by atoms with van der Waals surface area (Å²) in [4.78, 5) is 0. The van der Waals surface area contributed by atoms with E-state index >= 15 is 0 Å². The van der Waals surface area contributed by atoms with Gasteiger partial charge in [0, 0.05) is 19.4 Å². The lowest BCUT2D eigenvalue weighted by atomic mass is 9.69. The van der Waals surface area contributed by atoms with Gasteiger partial charge in [-0.2, -0.15) is 5.01 Å². The number of nitrogens with zero attached hydrogens (tertiary/aromatic N) is 3. The molecule has 1 atom stereocenters. The van der Waals surface area contributed by atoms with Gasteiger partial charge < -0.3 is 5.21 Å². The predicted molar refractivity (Wildman–Crippen MR) is 85.6 cm³/mol. The summed E-state index contributed by atoms with van der Waals surface area (Å²) in [5.41, 5.74) is -0.240. The summed E-state index contributed by atoms with van der Waals surface area (Å²) in [5, 5.41) is 18.4. The molecule has 0 N–H and O–H groups in total. The summed E-state index contributed by atoms with van der Waals surface area (Å²) in [6.07, 6.45) is 3.96. The third-order valence-corrected chi connectivity index (χ3v) is 6.03. The average molecular weight is 285 g/mol. The van der Waals surface area contributed by atoms with Gasteiger partial charge in [0.1, 0.15) is 5.54 Å². The summed E-state index contributed by atoms with van der Waals surface area (Å²) < 4.78 is -0.175. The molecular weight excluding hydrogens is 250 g/mol. The van der Waals surface area contributed by atoms with Crippen LogP contribution in [-0.2, 0) is 0 Å². The average Bonchev–Trinajstić information content (AvgIpc) is 2.68. The van der Waals surface area contributed by atoms with Gasteiger partial charge in [-0.25, -0.2) is 0 Å². The van der Waals surface area contributed by atoms with E-state index in [2.05, 4.69) is 51.7 Å². The van der Waals surface area contributed by atoms with E-state index in [4.69, 9.17) is 0 Å². The van der Waals surface area contributed by atoms with Crippen molar-refractivity contribution in [2.75, 3.05) is 19.6 Å². The summed E-state index contributed by atoms with van der Waals surface area (Å²) in [6, 6.07) is 0. The Balaban J connectivity index is 3.61. The van der Waals surface area contributed by atoms with E-state index in [1.807, 2.05) is 6.92 Å². The maximum atomic E-state index is 13.9. The van der Waals surface area contributed by atoms with Crippen LogP contribution in [0, 0.1) is 5.21 Å². The third kappa shape index (κ3) is 1.81. The number of hydrazine groups is 1. The highest BCUT2D eigenvalue weighted by molar-refractivity contribution is 5.08. The van der Waals surface area contributed by atoms with Gasteiger partial charge in [0.15, 0.2) is 0 Å². The largest absolute Gasteiger partial charge is 0.610 e. The Labute approximate surface area is 125 Å². The lowest BCUT2D eigenvalue weighted by molar-refractivity contribution is -1.03. The molecule has 0 radical (unpaired) electrons. The van der Waals surface area contributed by atoms with E-state index in [1.165, 1.54) is 0 Å². The zero-order chi connectivity index (χ0) is 15.6. The molecule has 0 spiro atoms. The minimum absolute atomic E-state index is 0.0149. The van der Waals surface area contributed by atoms with Crippen LogP contribution in [0.4, 0.5) is 0 Å². The number of likely N-dealkylation sites (N-methyl/N-ethyl adjacent to an activating group) is 2. The minimum Gasteiger partial charge on any atom is -0.610 e. The van der Waals surface area contributed by atoms with Crippen LogP contribution in [0.3, 0.4) is 0 Å². The number of quaternary nitrogens is 1. The van der Waals surface area contributed by atoms with E-state index in [0.29, 0.717) is 6.54 Å². The molecule has 120 valence electrons. The van der Waals surface area contributed by atoms with E-state index in [-0.39, 0.29) is 15.8 Å². The summed E-state index contributed by atoms with van der Waals surface area (Å²) >= 11 is 0. The Hall–Kier alpha value is -0.160. The highest BCUT2D eigenvalue weighted by Gasteiger charge is 2.69. The normalized spacial score (nSPS) is 30.0. The van der Waals surface area contributed by atoms with E-state index < -0.39 is 0 Å². The van der Waals surface area contributed by atoms with Crippen LogP contribution in [-0.4, -0.2) is 45.6 Å². The van der Waals surface area contributed by atoms with Crippen LogP contribution in [0.25, 0.3) is 0 Å². The van der Waals surface area contributed by atoms with Crippen molar-refractivity contribution in [2.24, 2.45) is 0 Å². The monoisotopic (exact) mass is 285 g/mol. The van der Waals surface area contributed by atoms with Crippen molar-refractivity contribution in [1.82, 2.24) is 10.1 Å². The highest BCUT2D eigenvalue weighted by Crippen LogP contribution is 2.54. The van der Waals surface area contributed by atoms with E-state index in [0.717, 1.165) is 38.8 Å². The number of hydroxylamine groups is 2. The van der Waals surface area contributed by atoms with Crippen LogP contribution in [0.15, 0.2) is 0 Å². The first-order valence-electron chi connectivity index (χ1n) is 8.59. The van der Waals surface area contributed by atoms with Crippen LogP contribution in [0.1, 0.15) is 74.1 Å². The number of hydrogen-bond donors (Lipinski definition) is 0. The Morgan fingerprint density at radius 2 is 1.30 bits per heavy atom. The fourth-order valence-electron chi connectivity index (χ4n) is 5.19. The summed E-state index contributed by atoms with van der Waals surface area (Å²) in [7, 11) is 0. The van der Waals surface area contributed by atoms with Crippen molar-refractivity contribution in [3.8, 4) is 0 Å². The number of hydrogen-bond acceptors (Lipinski definition) is 3. The molecule has 0 aliphatic carbocycles. The fraction of sp³-hybridized carbons (Fsp3) is 1.00. The van der Waals surface area contributed by atoms with Crippen molar-refractivity contribution >= 4 is 0 Å². The first-order chi connectivity index (χ1) is 9.44. The fourth-order valence-corrected chi connectivity index (χ4v) is 5.19. The zero-order valence-corrected chi connectivity index (χ0v) is 14.7. The molecule has 0 amide bonds. The Morgan fingerprint density at radius 1 is 0.800 bits per heavy atom. The lowest BCUT2D eigenvalue weighted by Gasteiger charge is -2.55. The summed E-state index contributed by atoms with van der Waals surface area (Å²) in [5.74, 6) is 0.